The number of hydrogen-bond acceptors (Lipinski definition) is 4. The van der Waals surface area contributed by atoms with E-state index in [1.807, 2.05) is 18.2 Å². The van der Waals surface area contributed by atoms with Crippen molar-refractivity contribution in [1.29, 1.82) is 0 Å². The highest BCUT2D eigenvalue weighted by atomic mass is 79.9. The van der Waals surface area contributed by atoms with Gasteiger partial charge in [0, 0.05) is 23.7 Å². The SMILES string of the molecule is ClCCNc1ccccc1C1=NC(Br)(C(Cl)(Cl)Cl)NC(C(Cl)(Cl)Cl)=N1. The maximum absolute atomic E-state index is 6.04. The van der Waals surface area contributed by atoms with Gasteiger partial charge in [-0.15, -0.1) is 11.6 Å². The lowest BCUT2D eigenvalue weighted by molar-refractivity contribution is 0.591. The van der Waals surface area contributed by atoms with E-state index >= 15 is 0 Å². The molecule has 0 bridgehead atoms. The molecule has 1 aliphatic heterocycles. The molecule has 0 radical (unpaired) electrons. The van der Waals surface area contributed by atoms with Crippen LogP contribution in [-0.4, -0.2) is 36.3 Å². The first-order valence-corrected chi connectivity index (χ1v) is 10.3. The van der Waals surface area contributed by atoms with E-state index in [1.54, 1.807) is 6.07 Å². The summed E-state index contributed by atoms with van der Waals surface area (Å²) in [5.41, 5.74) is 1.36. The fourth-order valence-electron chi connectivity index (χ4n) is 1.89. The van der Waals surface area contributed by atoms with Gasteiger partial charge < -0.3 is 10.6 Å². The predicted octanol–water partition coefficient (Wildman–Crippen LogP) is 5.87. The van der Waals surface area contributed by atoms with Crippen LogP contribution in [0.5, 0.6) is 0 Å². The zero-order valence-electron chi connectivity index (χ0n) is 12.1. The van der Waals surface area contributed by atoms with Gasteiger partial charge in [-0.1, -0.05) is 81.7 Å². The van der Waals surface area contributed by atoms with Crippen LogP contribution >= 0.6 is 97.1 Å². The first kappa shape index (κ1) is 22.0. The molecule has 1 unspecified atom stereocenters. The second kappa shape index (κ2) is 8.36. The van der Waals surface area contributed by atoms with Crippen LogP contribution in [0.15, 0.2) is 34.3 Å². The Balaban J connectivity index is 2.59. The van der Waals surface area contributed by atoms with Gasteiger partial charge in [0.25, 0.3) is 0 Å². The minimum atomic E-state index is -1.91. The number of anilines is 1. The van der Waals surface area contributed by atoms with Crippen LogP contribution in [0.3, 0.4) is 0 Å². The molecular formula is C13H10BrCl7N4. The molecule has 2 rings (SSSR count). The normalized spacial score (nSPS) is 21.3. The van der Waals surface area contributed by atoms with Crippen molar-refractivity contribution in [3.8, 4) is 0 Å². The number of halogens is 8. The van der Waals surface area contributed by atoms with E-state index in [-0.39, 0.29) is 11.7 Å². The van der Waals surface area contributed by atoms with Crippen molar-refractivity contribution in [1.82, 2.24) is 5.32 Å². The number of nitrogens with one attached hydrogen (secondary N) is 2. The van der Waals surface area contributed by atoms with Gasteiger partial charge in [-0.2, -0.15) is 0 Å². The minimum Gasteiger partial charge on any atom is -0.383 e. The monoisotopic (exact) mass is 546 g/mol. The van der Waals surface area contributed by atoms with Crippen molar-refractivity contribution < 1.29 is 0 Å². The van der Waals surface area contributed by atoms with Gasteiger partial charge in [-0.05, 0) is 28.1 Å². The summed E-state index contributed by atoms with van der Waals surface area (Å²) in [6, 6.07) is 7.27. The van der Waals surface area contributed by atoms with Crippen LogP contribution in [0.4, 0.5) is 5.69 Å². The lowest BCUT2D eigenvalue weighted by Gasteiger charge is -2.37. The van der Waals surface area contributed by atoms with E-state index in [0.29, 0.717) is 18.0 Å². The molecule has 1 heterocycles. The van der Waals surface area contributed by atoms with E-state index in [2.05, 4.69) is 36.5 Å². The summed E-state index contributed by atoms with van der Waals surface area (Å²) in [5.74, 6) is 0.584. The third-order valence-electron chi connectivity index (χ3n) is 2.98. The van der Waals surface area contributed by atoms with E-state index in [4.69, 9.17) is 81.2 Å². The van der Waals surface area contributed by atoms with Crippen LogP contribution in [0.2, 0.25) is 0 Å². The van der Waals surface area contributed by atoms with Crippen molar-refractivity contribution in [2.45, 2.75) is 12.2 Å². The number of hydrogen-bond donors (Lipinski definition) is 2. The standard InChI is InChI=1S/C13H10BrCl7N4/c14-12(13(19,20)21)24-9(23-10(25-12)11(16,17)18)7-3-1-2-4-8(7)22-6-5-15/h1-4,22H,5-6H2,(H,23,24,25). The predicted molar refractivity (Wildman–Crippen MR) is 115 cm³/mol. The molecule has 0 aromatic heterocycles. The Morgan fingerprint density at radius 2 is 1.76 bits per heavy atom. The summed E-state index contributed by atoms with van der Waals surface area (Å²) in [5, 5.41) is 5.88. The molecule has 2 N–H and O–H groups in total. The van der Waals surface area contributed by atoms with Gasteiger partial charge in [0.15, 0.2) is 11.7 Å². The molecule has 1 aromatic rings. The van der Waals surface area contributed by atoms with Gasteiger partial charge in [0.2, 0.25) is 12.2 Å². The smallest absolute Gasteiger partial charge is 0.247 e. The Labute approximate surface area is 188 Å². The Kier molecular flexibility index (Phi) is 7.34. The number of nitrogens with zero attached hydrogens (tertiary/aromatic N) is 2. The summed E-state index contributed by atoms with van der Waals surface area (Å²) in [7, 11) is 0. The lowest BCUT2D eigenvalue weighted by Crippen LogP contribution is -2.57. The highest BCUT2D eigenvalue weighted by molar-refractivity contribution is 9.10. The topological polar surface area (TPSA) is 48.8 Å². The Morgan fingerprint density at radius 1 is 1.12 bits per heavy atom. The molecule has 0 spiro atoms. The molecule has 25 heavy (non-hydrogen) atoms. The van der Waals surface area contributed by atoms with Crippen LogP contribution in [0.25, 0.3) is 0 Å². The molecule has 1 aromatic carbocycles. The Bertz CT molecular complexity index is 698. The highest BCUT2D eigenvalue weighted by Gasteiger charge is 2.52. The quantitative estimate of drug-likeness (QED) is 0.364. The summed E-state index contributed by atoms with van der Waals surface area (Å²) < 4.78 is -5.37. The van der Waals surface area contributed by atoms with E-state index in [1.165, 1.54) is 0 Å². The van der Waals surface area contributed by atoms with Crippen molar-refractivity contribution in [2.75, 3.05) is 17.7 Å². The van der Waals surface area contributed by atoms with Gasteiger partial charge in [0.05, 0.1) is 0 Å². The summed E-state index contributed by atoms with van der Waals surface area (Å²) in [4.78, 5) is 8.66. The van der Waals surface area contributed by atoms with Gasteiger partial charge in [0.1, 0.15) is 0 Å². The molecule has 0 aliphatic carbocycles. The zero-order chi connectivity index (χ0) is 18.9. The molecule has 0 saturated carbocycles. The molecule has 138 valence electrons. The number of aliphatic imine (C=N–C) groups is 2. The van der Waals surface area contributed by atoms with Crippen LogP contribution in [-0.2, 0) is 0 Å². The fourth-order valence-corrected chi connectivity index (χ4v) is 2.88. The summed E-state index contributed by atoms with van der Waals surface area (Å²) in [6.45, 7) is 0.537. The number of para-hydroxylation sites is 1. The van der Waals surface area contributed by atoms with E-state index < -0.39 is 12.2 Å². The lowest BCUT2D eigenvalue weighted by atomic mass is 10.1. The second-order valence-corrected chi connectivity index (χ2v) is 10.9. The van der Waals surface area contributed by atoms with Crippen LogP contribution < -0.4 is 10.6 Å². The third-order valence-corrected chi connectivity index (χ3v) is 6.19. The van der Waals surface area contributed by atoms with Crippen molar-refractivity contribution in [2.24, 2.45) is 9.98 Å². The molecule has 0 amide bonds. The first-order chi connectivity index (χ1) is 11.5. The van der Waals surface area contributed by atoms with Gasteiger partial charge in [-0.3, -0.25) is 0 Å². The molecule has 0 saturated heterocycles. The number of amidine groups is 2. The minimum absolute atomic E-state index is 0.0437. The molecular weight excluding hydrogens is 540 g/mol. The fraction of sp³-hybridized carbons (Fsp3) is 0.385. The molecule has 0 fully saturated rings. The maximum atomic E-state index is 6.04. The number of alkyl halides is 8. The van der Waals surface area contributed by atoms with Crippen molar-refractivity contribution in [3.63, 3.8) is 0 Å². The van der Waals surface area contributed by atoms with Crippen LogP contribution in [0, 0.1) is 0 Å². The summed E-state index contributed by atoms with van der Waals surface area (Å²) in [6.07, 6.45) is 0. The Morgan fingerprint density at radius 3 is 2.32 bits per heavy atom. The second-order valence-electron chi connectivity index (χ2n) is 4.80. The first-order valence-electron chi connectivity index (χ1n) is 6.67. The highest BCUT2D eigenvalue weighted by Crippen LogP contribution is 2.46. The third kappa shape index (κ3) is 5.35. The summed E-state index contributed by atoms with van der Waals surface area (Å²) >= 11 is 45.0. The average molecular weight is 550 g/mol. The number of rotatable bonds is 4. The average Bonchev–Trinajstić information content (AvgIpc) is 2.51. The van der Waals surface area contributed by atoms with E-state index in [0.717, 1.165) is 5.69 Å². The van der Waals surface area contributed by atoms with Crippen LogP contribution in [0.1, 0.15) is 5.56 Å². The largest absolute Gasteiger partial charge is 0.383 e. The Hall–Kier alpha value is 0.670. The zero-order valence-corrected chi connectivity index (χ0v) is 19.0. The molecule has 12 heteroatoms. The van der Waals surface area contributed by atoms with Gasteiger partial charge in [-0.25, -0.2) is 9.98 Å². The molecule has 1 aliphatic rings. The van der Waals surface area contributed by atoms with Gasteiger partial charge >= 0.3 is 0 Å². The molecule has 1 atom stereocenters. The van der Waals surface area contributed by atoms with Crippen molar-refractivity contribution in [3.05, 3.63) is 29.8 Å². The molecule has 4 nitrogen and oxygen atoms in total. The number of benzene rings is 1. The maximum Gasteiger partial charge on any atom is 0.247 e. The van der Waals surface area contributed by atoms with Crippen molar-refractivity contribution >= 4 is 114 Å². The van der Waals surface area contributed by atoms with E-state index in [9.17, 15) is 0 Å².